The van der Waals surface area contributed by atoms with Crippen LogP contribution in [0.5, 0.6) is 46.0 Å². The summed E-state index contributed by atoms with van der Waals surface area (Å²) in [4.78, 5) is 139. The lowest BCUT2D eigenvalue weighted by Gasteiger charge is -2.54. The van der Waals surface area contributed by atoms with Crippen LogP contribution in [0.4, 0.5) is 0 Å². The molecule has 2 saturated heterocycles. The Balaban J connectivity index is 1.01. The molecule has 7 aliphatic heterocycles. The van der Waals surface area contributed by atoms with Crippen molar-refractivity contribution in [1.82, 2.24) is 47.9 Å². The fraction of sp³-hybridized carbons (Fsp3) is 0.552. The Morgan fingerprint density at radius 3 is 1.96 bits per heavy atom. The molecule has 0 spiro atoms. The van der Waals surface area contributed by atoms with Gasteiger partial charge in [-0.05, 0) is 190 Å². The Kier molecular flexibility index (Phi) is 27.8. The molecular formula is C87H111ClN10O24. The zero-order valence-corrected chi connectivity index (χ0v) is 69.8. The molecule has 19 atom stereocenters. The summed E-state index contributed by atoms with van der Waals surface area (Å²) in [5.74, 6) is -14.1. The van der Waals surface area contributed by atoms with Crippen molar-refractivity contribution in [3.63, 3.8) is 0 Å². The first-order chi connectivity index (χ1) is 58.0. The molecule has 35 heteroatoms. The van der Waals surface area contributed by atoms with Crippen molar-refractivity contribution < 1.29 is 118 Å². The first kappa shape index (κ1) is 89.9. The number of benzene rings is 5. The van der Waals surface area contributed by atoms with Crippen LogP contribution in [0.25, 0.3) is 11.1 Å². The predicted molar refractivity (Wildman–Crippen MR) is 437 cm³/mol. The third-order valence-electron chi connectivity index (χ3n) is 25.0. The van der Waals surface area contributed by atoms with E-state index < -0.39 is 221 Å². The second-order valence-corrected chi connectivity index (χ2v) is 35.1. The number of nitrogens with two attached hydrogens (primary N) is 1. The monoisotopic (exact) mass is 1710 g/mol. The van der Waals surface area contributed by atoms with E-state index in [9.17, 15) is 60.3 Å². The number of amides is 9. The van der Waals surface area contributed by atoms with Crippen LogP contribution in [-0.4, -0.2) is 198 Å². The molecule has 4 aliphatic carbocycles. The van der Waals surface area contributed by atoms with Crippen molar-refractivity contribution in [2.75, 3.05) is 13.7 Å². The minimum Gasteiger partial charge on any atom is -0.508 e. The number of halogens is 1. The van der Waals surface area contributed by atoms with Crippen LogP contribution in [0.15, 0.2) is 78.9 Å². The summed E-state index contributed by atoms with van der Waals surface area (Å²) in [5.41, 5.74) is 3.45. The van der Waals surface area contributed by atoms with Crippen molar-refractivity contribution in [1.29, 1.82) is 0 Å². The molecule has 20 N–H and O–H groups in total. The number of nitrogens with one attached hydrogen (secondary N) is 9. The number of aryl methyl sites for hydroxylation is 1. The Morgan fingerprint density at radius 1 is 0.672 bits per heavy atom. The topological polar surface area (TPSA) is 525 Å². The number of fused-ring (bicyclic) bond motifs is 15. The SMILES string of the molecule is CCCCCCCC(C)C(=O)NC(=O)C[C@@H]1NC(=O)[C@H](NC(=O)[C@@H](CC(C)C)NC)[C@H](O)c2ccc(c(C)c2)Oc2cc3cc(c2O[C@@H]2O[C@H](CO)[C@@H](O)[C@H](O)[C@H]2O[C@H]2C[C@](C)(N)[C@H](O)[C@H](C)O2)Oc2ccc(cc2Cl)[C@@H](O)[C@@H]2NC(=O)[C@H](NC(=O)[C@@H]3NC1=O)c1ccc(O)c(c1)-c1c(O)cc(O)cc1[C@@H](C(=O)NC1C3CC4CC(C3)CC1C4)NC2=O. The molecule has 1 unspecified atom stereocenters. The zero-order chi connectivity index (χ0) is 87.8. The van der Waals surface area contributed by atoms with Crippen molar-refractivity contribution in [3.05, 3.63) is 117 Å². The van der Waals surface area contributed by atoms with Gasteiger partial charge in [0.2, 0.25) is 65.2 Å². The van der Waals surface area contributed by atoms with Gasteiger partial charge in [-0.25, -0.2) is 0 Å². The van der Waals surface area contributed by atoms with E-state index in [1.54, 1.807) is 6.92 Å². The third kappa shape index (κ3) is 19.6. The molecule has 4 saturated carbocycles. The first-order valence-electron chi connectivity index (χ1n) is 41.9. The normalized spacial score (nSPS) is 31.1. The minimum absolute atomic E-state index is 0.0379. The van der Waals surface area contributed by atoms with E-state index in [2.05, 4.69) is 54.8 Å². The van der Waals surface area contributed by atoms with E-state index in [1.807, 2.05) is 13.8 Å². The van der Waals surface area contributed by atoms with Gasteiger partial charge in [0.25, 0.3) is 0 Å². The highest BCUT2D eigenvalue weighted by Crippen LogP contribution is 2.55. The molecule has 0 aromatic heterocycles. The van der Waals surface area contributed by atoms with E-state index in [1.165, 1.54) is 64.2 Å². The van der Waals surface area contributed by atoms with Gasteiger partial charge in [-0.15, -0.1) is 0 Å². The maximum Gasteiger partial charge on any atom is 0.248 e. The average Bonchev–Trinajstić information content (AvgIpc) is 0.741. The molecule has 5 aromatic carbocycles. The lowest BCUT2D eigenvalue weighted by atomic mass is 9.54. The summed E-state index contributed by atoms with van der Waals surface area (Å²) in [6.45, 7) is 11.0. The molecule has 0 radical (unpaired) electrons. The van der Waals surface area contributed by atoms with Gasteiger partial charge in [0.1, 0.15) is 95.5 Å². The third-order valence-corrected chi connectivity index (χ3v) is 25.3. The highest BCUT2D eigenvalue weighted by molar-refractivity contribution is 6.32. The lowest BCUT2D eigenvalue weighted by molar-refractivity contribution is -0.333. The number of phenols is 3. The molecule has 16 rings (SSSR count). The molecule has 5 aromatic rings. The molecule has 7 heterocycles. The maximum atomic E-state index is 16.6. The number of aliphatic hydroxyl groups excluding tert-OH is 6. The molecule has 9 amide bonds. The van der Waals surface area contributed by atoms with E-state index in [0.717, 1.165) is 100 Å². The number of hydrogen-bond donors (Lipinski definition) is 19. The quantitative estimate of drug-likeness (QED) is 0.0440. The Labute approximate surface area is 709 Å². The number of carbonyl (C=O) groups excluding carboxylic acids is 9. The molecule has 6 fully saturated rings. The number of rotatable bonds is 21. The molecule has 34 nitrogen and oxygen atoms in total. The molecule has 15 bridgehead atoms. The number of likely N-dealkylation sites (N-methyl/N-ethyl adjacent to an activating group) is 1. The van der Waals surface area contributed by atoms with Crippen LogP contribution in [0.3, 0.4) is 0 Å². The summed E-state index contributed by atoms with van der Waals surface area (Å²) in [5, 5.41) is 131. The van der Waals surface area contributed by atoms with Crippen LogP contribution in [-0.2, 0) is 57.4 Å². The van der Waals surface area contributed by atoms with Gasteiger partial charge in [-0.1, -0.05) is 89.6 Å². The zero-order valence-electron chi connectivity index (χ0n) is 69.1. The summed E-state index contributed by atoms with van der Waals surface area (Å²) >= 11 is 7.30. The fourth-order valence-electron chi connectivity index (χ4n) is 18.6. The molecule has 122 heavy (non-hydrogen) atoms. The van der Waals surface area contributed by atoms with Gasteiger partial charge >= 0.3 is 0 Å². The van der Waals surface area contributed by atoms with Crippen LogP contribution in [0.2, 0.25) is 5.02 Å². The van der Waals surface area contributed by atoms with Crippen LogP contribution in [0, 0.1) is 42.4 Å². The molecule has 660 valence electrons. The predicted octanol–water partition coefficient (Wildman–Crippen LogP) is 4.77. The molecule has 11 aliphatic rings. The van der Waals surface area contributed by atoms with Gasteiger partial charge in [-0.2, -0.15) is 0 Å². The van der Waals surface area contributed by atoms with Gasteiger partial charge < -0.3 is 123 Å². The highest BCUT2D eigenvalue weighted by atomic mass is 35.5. The fourth-order valence-corrected chi connectivity index (χ4v) is 18.8. The van der Waals surface area contributed by atoms with Gasteiger partial charge in [0.05, 0.1) is 36.3 Å². The number of imide groups is 1. The Morgan fingerprint density at radius 2 is 1.31 bits per heavy atom. The summed E-state index contributed by atoms with van der Waals surface area (Å²) < 4.78 is 39.4. The van der Waals surface area contributed by atoms with E-state index >= 15 is 28.8 Å². The number of ether oxygens (including phenoxy) is 6. The summed E-state index contributed by atoms with van der Waals surface area (Å²) in [6.07, 6.45) is -9.37. The summed E-state index contributed by atoms with van der Waals surface area (Å²) in [6, 6.07) is 1.05. The number of aromatic hydroxyl groups is 3. The summed E-state index contributed by atoms with van der Waals surface area (Å²) in [7, 11) is 1.51. The second-order valence-electron chi connectivity index (χ2n) is 34.7. The van der Waals surface area contributed by atoms with Gasteiger partial charge in [0.15, 0.2) is 23.9 Å². The largest absolute Gasteiger partial charge is 0.508 e. The molecular weight excluding hydrogens is 1600 g/mol. The van der Waals surface area contributed by atoms with E-state index in [0.29, 0.717) is 24.7 Å². The first-order valence-corrected chi connectivity index (χ1v) is 42.3. The van der Waals surface area contributed by atoms with Crippen molar-refractivity contribution >= 4 is 64.8 Å². The number of hydrogen-bond acceptors (Lipinski definition) is 26. The smallest absolute Gasteiger partial charge is 0.248 e. The number of aliphatic hydroxyl groups is 6. The highest BCUT2D eigenvalue weighted by Gasteiger charge is 2.53. The van der Waals surface area contributed by atoms with Gasteiger partial charge in [-0.3, -0.25) is 48.5 Å². The number of unbranched alkanes of at least 4 members (excludes halogenated alkanes) is 4. The van der Waals surface area contributed by atoms with Crippen molar-refractivity contribution in [2.24, 2.45) is 41.2 Å². The maximum absolute atomic E-state index is 16.6. The van der Waals surface area contributed by atoms with Crippen molar-refractivity contribution in [3.8, 4) is 57.1 Å². The van der Waals surface area contributed by atoms with Crippen molar-refractivity contribution in [2.45, 2.75) is 254 Å². The standard InChI is InChI=1S/C87H111ClN10O24/c1-9-10-11-12-13-14-38(4)78(109)92-62(103)34-54-80(111)94-67-48-30-59(118-57-19-16-44(22-39(57)5)71(104)69(84(115)91-54)97-79(110)53(90-8)21-37(2)3)75(122-86-76(74(107)73(106)61(36-99)120-86)121-63-35-87(7,89)77(108)40(6)117-63)60(31-48)119-58-20-17-45(29-52(58)88)72(105)70-85(116)96-68(83(114)93-65-46-24-41-23-42(26-46)27-47(65)25-41)51-32-49(100)33-56(102)64(51)50-28-43(15-18-55(50)101)66(81(112)98-70)95-82(67)113/h15-20,22,28-33,37-38,40-42,46-47,53-54,61,63,65-74,76-77,86,90,99-102,104-108H,9-14,21,23-27,34-36,89H2,1-8H3,(H,91,115)(H,93,114)(H,94,111)(H,95,113)(H,96,116)(H,97,110)(H,98,112)(H,92,103,109)/t38?,40-,41?,42?,46?,47?,53+,54-,61+,63-,65?,66+,67+,68-,69+,70-,71+,72+,73+,74-,76+,77+,86-,87-/m0/s1. The van der Waals surface area contributed by atoms with E-state index in [4.69, 9.17) is 45.8 Å². The minimum atomic E-state index is -2.35. The second kappa shape index (κ2) is 37.7. The van der Waals surface area contributed by atoms with Crippen LogP contribution in [0.1, 0.15) is 195 Å². The van der Waals surface area contributed by atoms with Crippen LogP contribution < -0.4 is 67.8 Å². The number of carbonyl (C=O) groups is 9. The Bertz CT molecular complexity index is 4750. The van der Waals surface area contributed by atoms with Gasteiger partial charge in [0, 0.05) is 41.1 Å². The van der Waals surface area contributed by atoms with Crippen LogP contribution >= 0.6 is 11.6 Å². The average molecular weight is 1720 g/mol. The number of phenolic OH excluding ortho intramolecular Hbond substituents is 3. The lowest BCUT2D eigenvalue weighted by Crippen LogP contribution is -2.64. The Hall–Kier alpha value is -9.82. The van der Waals surface area contributed by atoms with E-state index in [-0.39, 0.29) is 92.1 Å².